The minimum atomic E-state index is -2.46. The van der Waals surface area contributed by atoms with Gasteiger partial charge in [0.1, 0.15) is 6.10 Å². The first-order valence-corrected chi connectivity index (χ1v) is 3.92. The lowest BCUT2D eigenvalue weighted by Gasteiger charge is -2.05. The van der Waals surface area contributed by atoms with Gasteiger partial charge in [-0.1, -0.05) is 0 Å². The lowest BCUT2D eigenvalue weighted by atomic mass is 10.4. The maximum Gasteiger partial charge on any atom is 0.318 e. The third-order valence-corrected chi connectivity index (χ3v) is 1.51. The highest BCUT2D eigenvalue weighted by Gasteiger charge is 2.03. The molecule has 10 heavy (non-hydrogen) atoms. The van der Waals surface area contributed by atoms with Gasteiger partial charge in [0.2, 0.25) is 0 Å². The van der Waals surface area contributed by atoms with Crippen LogP contribution in [0, 0.1) is 0 Å². The molecule has 0 aromatic carbocycles. The summed E-state index contributed by atoms with van der Waals surface area (Å²) >= 11 is 0. The number of aliphatic hydroxyl groups excluding tert-OH is 2. The van der Waals surface area contributed by atoms with Gasteiger partial charge < -0.3 is 19.3 Å². The Morgan fingerprint density at radius 2 is 2.30 bits per heavy atom. The zero-order chi connectivity index (χ0) is 7.98. The summed E-state index contributed by atoms with van der Waals surface area (Å²) in [5.41, 5.74) is 0. The predicted molar refractivity (Wildman–Crippen MR) is 35.1 cm³/mol. The molecular formula is C4H11O5P. The van der Waals surface area contributed by atoms with Crippen LogP contribution in [-0.4, -0.2) is 36.6 Å². The summed E-state index contributed by atoms with van der Waals surface area (Å²) in [6.07, 6.45) is -0.982. The Hall–Kier alpha value is 0.0700. The third kappa shape index (κ3) is 4.90. The van der Waals surface area contributed by atoms with Crippen LogP contribution in [0.5, 0.6) is 0 Å². The van der Waals surface area contributed by atoms with Gasteiger partial charge in [-0.2, -0.15) is 0 Å². The molecule has 62 valence electrons. The molecule has 0 fully saturated rings. The van der Waals surface area contributed by atoms with E-state index in [9.17, 15) is 4.57 Å². The van der Waals surface area contributed by atoms with Crippen LogP contribution in [0.4, 0.5) is 0 Å². The molecule has 0 saturated heterocycles. The van der Waals surface area contributed by atoms with Gasteiger partial charge in [-0.3, -0.25) is 4.57 Å². The first-order valence-electron chi connectivity index (χ1n) is 2.70. The molecule has 0 amide bonds. The van der Waals surface area contributed by atoms with Crippen molar-refractivity contribution in [2.45, 2.75) is 6.10 Å². The van der Waals surface area contributed by atoms with Crippen LogP contribution in [0.2, 0.25) is 0 Å². The van der Waals surface area contributed by atoms with E-state index < -0.39 is 21.0 Å². The van der Waals surface area contributed by atoms with Crippen LogP contribution in [0.3, 0.4) is 0 Å². The number of hydrogen-bond donors (Lipinski definition) is 2. The van der Waals surface area contributed by atoms with Crippen LogP contribution >= 0.6 is 8.25 Å². The van der Waals surface area contributed by atoms with E-state index in [1.54, 1.807) is 0 Å². The van der Waals surface area contributed by atoms with E-state index in [1.807, 2.05) is 0 Å². The Morgan fingerprint density at radius 3 is 2.70 bits per heavy atom. The van der Waals surface area contributed by atoms with Crippen molar-refractivity contribution in [3.05, 3.63) is 0 Å². The molecule has 0 aliphatic heterocycles. The summed E-state index contributed by atoms with van der Waals surface area (Å²) in [5, 5.41) is 16.9. The zero-order valence-corrected chi connectivity index (χ0v) is 6.61. The molecule has 0 aliphatic rings. The van der Waals surface area contributed by atoms with Crippen molar-refractivity contribution in [3.8, 4) is 0 Å². The molecule has 0 heterocycles. The Morgan fingerprint density at radius 1 is 1.70 bits per heavy atom. The molecule has 0 rings (SSSR count). The summed E-state index contributed by atoms with van der Waals surface area (Å²) in [7, 11) is -1.21. The lowest BCUT2D eigenvalue weighted by molar-refractivity contribution is 0.0512. The summed E-state index contributed by atoms with van der Waals surface area (Å²) in [5.74, 6) is 0. The summed E-state index contributed by atoms with van der Waals surface area (Å²) in [6.45, 7) is -0.568. The van der Waals surface area contributed by atoms with Crippen LogP contribution in [0.15, 0.2) is 0 Å². The molecular weight excluding hydrogens is 159 g/mol. The predicted octanol–water partition coefficient (Wildman–Crippen LogP) is -0.608. The molecule has 2 N–H and O–H groups in total. The molecule has 0 radical (unpaired) electrons. The monoisotopic (exact) mass is 170 g/mol. The summed E-state index contributed by atoms with van der Waals surface area (Å²) in [6, 6.07) is 0. The van der Waals surface area contributed by atoms with Crippen molar-refractivity contribution in [1.82, 2.24) is 0 Å². The molecule has 2 atom stereocenters. The molecule has 0 aromatic heterocycles. The van der Waals surface area contributed by atoms with Gasteiger partial charge in [0.05, 0.1) is 13.2 Å². The van der Waals surface area contributed by atoms with Gasteiger partial charge in [0.15, 0.2) is 0 Å². The lowest BCUT2D eigenvalue weighted by Crippen LogP contribution is -2.17. The van der Waals surface area contributed by atoms with E-state index >= 15 is 0 Å². The number of hydrogen-bond acceptors (Lipinski definition) is 5. The largest absolute Gasteiger partial charge is 0.394 e. The second-order valence-corrected chi connectivity index (χ2v) is 2.80. The van der Waals surface area contributed by atoms with Gasteiger partial charge in [-0.25, -0.2) is 0 Å². The minimum absolute atomic E-state index is 0.165. The first kappa shape index (κ1) is 10.1. The highest BCUT2D eigenvalue weighted by atomic mass is 31.1. The smallest absolute Gasteiger partial charge is 0.318 e. The van der Waals surface area contributed by atoms with Gasteiger partial charge in [0.25, 0.3) is 0 Å². The highest BCUT2D eigenvalue weighted by Crippen LogP contribution is 2.21. The Kier molecular flexibility index (Phi) is 5.87. The average Bonchev–Trinajstić information content (AvgIpc) is 1.99. The molecule has 0 spiro atoms. The van der Waals surface area contributed by atoms with Crippen LogP contribution in [0.1, 0.15) is 0 Å². The van der Waals surface area contributed by atoms with Crippen LogP contribution in [-0.2, 0) is 13.6 Å². The van der Waals surface area contributed by atoms with E-state index in [2.05, 4.69) is 9.05 Å². The molecule has 0 aromatic rings. The van der Waals surface area contributed by atoms with Crippen molar-refractivity contribution in [1.29, 1.82) is 0 Å². The minimum Gasteiger partial charge on any atom is -0.394 e. The topological polar surface area (TPSA) is 76.0 Å². The molecule has 5 nitrogen and oxygen atoms in total. The second-order valence-electron chi connectivity index (χ2n) is 1.60. The fourth-order valence-electron chi connectivity index (χ4n) is 0.276. The zero-order valence-electron chi connectivity index (χ0n) is 5.61. The van der Waals surface area contributed by atoms with E-state index in [4.69, 9.17) is 10.2 Å². The average molecular weight is 170 g/mol. The highest BCUT2D eigenvalue weighted by molar-refractivity contribution is 7.33. The maximum atomic E-state index is 10.4. The van der Waals surface area contributed by atoms with Gasteiger partial charge in [-0.15, -0.1) is 0 Å². The normalized spacial score (nSPS) is 16.7. The van der Waals surface area contributed by atoms with Crippen molar-refractivity contribution >= 4 is 8.25 Å². The molecule has 0 aliphatic carbocycles. The first-order chi connectivity index (χ1) is 4.70. The molecule has 6 heteroatoms. The van der Waals surface area contributed by atoms with Crippen molar-refractivity contribution in [2.75, 3.05) is 20.3 Å². The fraction of sp³-hybridized carbons (Fsp3) is 1.00. The molecule has 2 unspecified atom stereocenters. The Balaban J connectivity index is 3.26. The SMILES string of the molecule is CO[PH](=O)OCC(O)CO. The van der Waals surface area contributed by atoms with Crippen LogP contribution < -0.4 is 0 Å². The van der Waals surface area contributed by atoms with Crippen LogP contribution in [0.25, 0.3) is 0 Å². The number of aliphatic hydroxyl groups is 2. The maximum absolute atomic E-state index is 10.4. The fourth-order valence-corrected chi connectivity index (χ4v) is 0.722. The van der Waals surface area contributed by atoms with E-state index in [0.717, 1.165) is 0 Å². The van der Waals surface area contributed by atoms with Gasteiger partial charge in [-0.05, 0) is 0 Å². The Bertz CT molecular complexity index is 106. The van der Waals surface area contributed by atoms with Crippen molar-refractivity contribution < 1.29 is 23.8 Å². The van der Waals surface area contributed by atoms with Gasteiger partial charge in [0, 0.05) is 7.11 Å². The third-order valence-electron chi connectivity index (χ3n) is 0.771. The van der Waals surface area contributed by atoms with Crippen molar-refractivity contribution in [2.24, 2.45) is 0 Å². The van der Waals surface area contributed by atoms with E-state index in [-0.39, 0.29) is 6.61 Å². The second kappa shape index (κ2) is 5.82. The summed E-state index contributed by atoms with van der Waals surface area (Å²) < 4.78 is 19.1. The van der Waals surface area contributed by atoms with Crippen molar-refractivity contribution in [3.63, 3.8) is 0 Å². The van der Waals surface area contributed by atoms with Gasteiger partial charge >= 0.3 is 8.25 Å². The summed E-state index contributed by atoms with van der Waals surface area (Å²) in [4.78, 5) is 0. The van der Waals surface area contributed by atoms with E-state index in [1.165, 1.54) is 7.11 Å². The Labute approximate surface area is 59.5 Å². The van der Waals surface area contributed by atoms with E-state index in [0.29, 0.717) is 0 Å². The number of rotatable bonds is 5. The quantitative estimate of drug-likeness (QED) is 0.538. The molecule has 0 bridgehead atoms. The molecule has 0 saturated carbocycles. The standard InChI is InChI=1S/C4H11O5P/c1-8-10(7)9-3-4(6)2-5/h4-6,10H,2-3H2,1H3.